The van der Waals surface area contributed by atoms with E-state index in [1.165, 1.54) is 35.3 Å². The molecule has 0 spiro atoms. The summed E-state index contributed by atoms with van der Waals surface area (Å²) in [6, 6.07) is 18.9. The molecule has 0 radical (unpaired) electrons. The van der Waals surface area contributed by atoms with E-state index < -0.39 is 0 Å². The Morgan fingerprint density at radius 3 is 1.32 bits per heavy atom. The lowest BCUT2D eigenvalue weighted by atomic mass is 10.0. The Bertz CT molecular complexity index is 552. The van der Waals surface area contributed by atoms with Gasteiger partial charge in [-0.15, -0.1) is 0 Å². The molecule has 1 fully saturated rings. The molecule has 116 valence electrons. The van der Waals surface area contributed by atoms with Gasteiger partial charge in [-0.05, 0) is 60.1 Å². The van der Waals surface area contributed by atoms with Crippen molar-refractivity contribution in [3.8, 4) is 0 Å². The van der Waals surface area contributed by atoms with E-state index in [-0.39, 0.29) is 0 Å². The van der Waals surface area contributed by atoms with Crippen LogP contribution in [0.1, 0.15) is 63.5 Å². The zero-order valence-electron chi connectivity index (χ0n) is 14.2. The SMILES string of the molecule is CC(C)c1ccc(N(c2ccc(C(C)C)cc2)C2CC2)cc1. The molecule has 0 heterocycles. The van der Waals surface area contributed by atoms with Crippen LogP contribution in [0.15, 0.2) is 48.5 Å². The fourth-order valence-corrected chi connectivity index (χ4v) is 2.94. The van der Waals surface area contributed by atoms with Crippen molar-refractivity contribution in [2.75, 3.05) is 4.90 Å². The average Bonchev–Trinajstić information content (AvgIpc) is 3.33. The van der Waals surface area contributed by atoms with Crippen LogP contribution in [0, 0.1) is 0 Å². The summed E-state index contributed by atoms with van der Waals surface area (Å²) in [6.45, 7) is 8.99. The first kappa shape index (κ1) is 15.1. The van der Waals surface area contributed by atoms with Gasteiger partial charge in [0.05, 0.1) is 0 Å². The van der Waals surface area contributed by atoms with E-state index in [2.05, 4.69) is 81.1 Å². The fourth-order valence-electron chi connectivity index (χ4n) is 2.94. The second-order valence-corrected chi connectivity index (χ2v) is 7.09. The van der Waals surface area contributed by atoms with Gasteiger partial charge in [0.15, 0.2) is 0 Å². The molecule has 0 amide bonds. The molecule has 2 aromatic carbocycles. The second-order valence-electron chi connectivity index (χ2n) is 7.09. The van der Waals surface area contributed by atoms with Gasteiger partial charge in [-0.25, -0.2) is 0 Å². The van der Waals surface area contributed by atoms with Gasteiger partial charge in [0.25, 0.3) is 0 Å². The highest BCUT2D eigenvalue weighted by Crippen LogP contribution is 2.38. The zero-order chi connectivity index (χ0) is 15.7. The molecule has 1 aliphatic carbocycles. The van der Waals surface area contributed by atoms with E-state index in [1.807, 2.05) is 0 Å². The second kappa shape index (κ2) is 6.16. The topological polar surface area (TPSA) is 3.24 Å². The molecule has 2 aromatic rings. The third kappa shape index (κ3) is 3.19. The van der Waals surface area contributed by atoms with Gasteiger partial charge in [-0.1, -0.05) is 52.0 Å². The summed E-state index contributed by atoms with van der Waals surface area (Å²) in [5.74, 6) is 1.18. The lowest BCUT2D eigenvalue weighted by Gasteiger charge is -2.26. The monoisotopic (exact) mass is 293 g/mol. The first-order valence-corrected chi connectivity index (χ1v) is 8.55. The summed E-state index contributed by atoms with van der Waals surface area (Å²) in [5, 5.41) is 0. The van der Waals surface area contributed by atoms with Crippen molar-refractivity contribution >= 4 is 11.4 Å². The predicted octanol–water partition coefficient (Wildman–Crippen LogP) is 6.23. The van der Waals surface area contributed by atoms with Crippen molar-refractivity contribution in [1.82, 2.24) is 0 Å². The summed E-state index contributed by atoms with van der Waals surface area (Å²) >= 11 is 0. The molecule has 1 heteroatoms. The quantitative estimate of drug-likeness (QED) is 0.631. The number of nitrogens with zero attached hydrogens (tertiary/aromatic N) is 1. The van der Waals surface area contributed by atoms with E-state index in [0.717, 1.165) is 0 Å². The normalized spacial score (nSPS) is 14.6. The smallest absolute Gasteiger partial charge is 0.0413 e. The number of hydrogen-bond acceptors (Lipinski definition) is 1. The van der Waals surface area contributed by atoms with Gasteiger partial charge < -0.3 is 4.90 Å². The minimum absolute atomic E-state index is 0.591. The highest BCUT2D eigenvalue weighted by molar-refractivity contribution is 5.66. The van der Waals surface area contributed by atoms with Crippen LogP contribution in [-0.2, 0) is 0 Å². The maximum absolute atomic E-state index is 2.51. The van der Waals surface area contributed by atoms with Gasteiger partial charge in [0.1, 0.15) is 0 Å². The number of anilines is 2. The minimum Gasteiger partial charge on any atom is -0.338 e. The Kier molecular flexibility index (Phi) is 4.24. The summed E-state index contributed by atoms with van der Waals surface area (Å²) < 4.78 is 0. The average molecular weight is 293 g/mol. The molecule has 0 N–H and O–H groups in total. The molecule has 0 unspecified atom stereocenters. The highest BCUT2D eigenvalue weighted by atomic mass is 15.2. The third-order valence-electron chi connectivity index (χ3n) is 4.59. The van der Waals surface area contributed by atoms with Crippen molar-refractivity contribution in [1.29, 1.82) is 0 Å². The summed E-state index contributed by atoms with van der Waals surface area (Å²) in [6.07, 6.45) is 2.61. The van der Waals surface area contributed by atoms with Gasteiger partial charge in [0.2, 0.25) is 0 Å². The van der Waals surface area contributed by atoms with Crippen molar-refractivity contribution in [3.05, 3.63) is 59.7 Å². The predicted molar refractivity (Wildman–Crippen MR) is 96.2 cm³/mol. The molecule has 0 aliphatic heterocycles. The van der Waals surface area contributed by atoms with Gasteiger partial charge in [-0.2, -0.15) is 0 Å². The van der Waals surface area contributed by atoms with Crippen LogP contribution < -0.4 is 4.90 Å². The van der Waals surface area contributed by atoms with E-state index in [1.54, 1.807) is 0 Å². The lowest BCUT2D eigenvalue weighted by molar-refractivity contribution is 0.863. The summed E-state index contributed by atoms with van der Waals surface area (Å²) in [5.41, 5.74) is 5.47. The van der Waals surface area contributed by atoms with Gasteiger partial charge in [-0.3, -0.25) is 0 Å². The lowest BCUT2D eigenvalue weighted by Crippen LogP contribution is -2.19. The van der Waals surface area contributed by atoms with Crippen LogP contribution in [-0.4, -0.2) is 6.04 Å². The Hall–Kier alpha value is -1.76. The molecular weight excluding hydrogens is 266 g/mol. The Labute approximate surface area is 135 Å². The molecule has 0 bridgehead atoms. The maximum atomic E-state index is 2.51. The number of rotatable bonds is 5. The van der Waals surface area contributed by atoms with E-state index in [0.29, 0.717) is 17.9 Å². The van der Waals surface area contributed by atoms with Crippen LogP contribution in [0.25, 0.3) is 0 Å². The zero-order valence-corrected chi connectivity index (χ0v) is 14.2. The van der Waals surface area contributed by atoms with Crippen LogP contribution in [0.5, 0.6) is 0 Å². The van der Waals surface area contributed by atoms with E-state index >= 15 is 0 Å². The minimum atomic E-state index is 0.591. The summed E-state index contributed by atoms with van der Waals surface area (Å²) in [4.78, 5) is 2.51. The summed E-state index contributed by atoms with van der Waals surface area (Å²) in [7, 11) is 0. The first-order chi connectivity index (χ1) is 10.6. The van der Waals surface area contributed by atoms with Crippen LogP contribution in [0.3, 0.4) is 0 Å². The Balaban J connectivity index is 1.89. The van der Waals surface area contributed by atoms with E-state index in [4.69, 9.17) is 0 Å². The van der Waals surface area contributed by atoms with Crippen LogP contribution >= 0.6 is 0 Å². The molecule has 0 atom stereocenters. The van der Waals surface area contributed by atoms with Gasteiger partial charge in [0, 0.05) is 17.4 Å². The molecule has 0 aromatic heterocycles. The molecule has 1 nitrogen and oxygen atoms in total. The number of benzene rings is 2. The van der Waals surface area contributed by atoms with E-state index in [9.17, 15) is 0 Å². The third-order valence-corrected chi connectivity index (χ3v) is 4.59. The van der Waals surface area contributed by atoms with Crippen LogP contribution in [0.4, 0.5) is 11.4 Å². The highest BCUT2D eigenvalue weighted by Gasteiger charge is 2.30. The van der Waals surface area contributed by atoms with Crippen LogP contribution in [0.2, 0.25) is 0 Å². The molecule has 0 saturated heterocycles. The van der Waals surface area contributed by atoms with Crippen molar-refractivity contribution in [2.24, 2.45) is 0 Å². The maximum Gasteiger partial charge on any atom is 0.0413 e. The molecular formula is C21H27N. The number of hydrogen-bond donors (Lipinski definition) is 0. The fraction of sp³-hybridized carbons (Fsp3) is 0.429. The van der Waals surface area contributed by atoms with Gasteiger partial charge >= 0.3 is 0 Å². The Morgan fingerprint density at radius 2 is 1.05 bits per heavy atom. The Morgan fingerprint density at radius 1 is 0.682 bits per heavy atom. The standard InChI is InChI=1S/C21H27N/c1-15(2)17-5-9-19(10-6-17)22(21-13-14-21)20-11-7-18(8-12-20)16(3)4/h5-12,15-16,21H,13-14H2,1-4H3. The first-order valence-electron chi connectivity index (χ1n) is 8.55. The molecule has 22 heavy (non-hydrogen) atoms. The molecule has 1 aliphatic rings. The van der Waals surface area contributed by atoms with Crippen molar-refractivity contribution in [3.63, 3.8) is 0 Å². The molecule has 3 rings (SSSR count). The molecule has 1 saturated carbocycles. The largest absolute Gasteiger partial charge is 0.338 e. The van der Waals surface area contributed by atoms with Crippen molar-refractivity contribution in [2.45, 2.75) is 58.4 Å². The van der Waals surface area contributed by atoms with Crippen molar-refractivity contribution < 1.29 is 0 Å².